The summed E-state index contributed by atoms with van der Waals surface area (Å²) in [6.07, 6.45) is 0.606. The maximum Gasteiger partial charge on any atom is 0.335 e. The number of ether oxygens (including phenoxy) is 2. The van der Waals surface area contributed by atoms with E-state index in [9.17, 15) is 14.7 Å². The van der Waals surface area contributed by atoms with Crippen LogP contribution in [0.5, 0.6) is 11.5 Å². The van der Waals surface area contributed by atoms with Crippen LogP contribution in [0.1, 0.15) is 33.2 Å². The van der Waals surface area contributed by atoms with E-state index in [1.807, 2.05) is 31.2 Å². The molecule has 0 atom stereocenters. The van der Waals surface area contributed by atoms with Gasteiger partial charge >= 0.3 is 5.97 Å². The molecule has 0 spiro atoms. The molecule has 0 saturated heterocycles. The summed E-state index contributed by atoms with van der Waals surface area (Å²) in [6.45, 7) is 1.99. The summed E-state index contributed by atoms with van der Waals surface area (Å²) in [5.41, 5.74) is 3.95. The molecule has 0 aliphatic carbocycles. The normalized spacial score (nSPS) is 10.7. The van der Waals surface area contributed by atoms with E-state index < -0.39 is 11.9 Å². The molecule has 0 aliphatic heterocycles. The van der Waals surface area contributed by atoms with Crippen LogP contribution in [-0.4, -0.2) is 48.2 Å². The topological polar surface area (TPSA) is 123 Å². The van der Waals surface area contributed by atoms with Gasteiger partial charge in [0.25, 0.3) is 5.91 Å². The van der Waals surface area contributed by atoms with Crippen LogP contribution in [0.3, 0.4) is 0 Å². The number of aromatic carboxylic acids is 1. The predicted molar refractivity (Wildman–Crippen MR) is 138 cm³/mol. The Hall–Kier alpha value is -4.66. The number of carboxylic acids is 1. The third-order valence-electron chi connectivity index (χ3n) is 5.83. The molecule has 36 heavy (non-hydrogen) atoms. The van der Waals surface area contributed by atoms with Crippen LogP contribution in [0.2, 0.25) is 0 Å². The number of rotatable bonds is 8. The van der Waals surface area contributed by atoms with Gasteiger partial charge in [-0.25, -0.2) is 14.8 Å². The minimum absolute atomic E-state index is 0.0449. The summed E-state index contributed by atoms with van der Waals surface area (Å²) in [7, 11) is 4.88. The van der Waals surface area contributed by atoms with Crippen LogP contribution in [0.15, 0.2) is 54.6 Å². The molecule has 0 radical (unpaired) electrons. The number of methoxy groups -OCH3 is 2. The first-order valence-corrected chi connectivity index (χ1v) is 11.3. The molecule has 4 rings (SSSR count). The first-order chi connectivity index (χ1) is 17.4. The molecule has 1 amide bonds. The first-order valence-electron chi connectivity index (χ1n) is 11.3. The molecule has 0 saturated carbocycles. The summed E-state index contributed by atoms with van der Waals surface area (Å²) in [5, 5.41) is 16.0. The highest BCUT2D eigenvalue weighted by molar-refractivity contribution is 6.06. The maximum atomic E-state index is 13.0. The number of carboxylic acid groups (broad SMARTS) is 1. The van der Waals surface area contributed by atoms with Crippen molar-refractivity contribution in [2.75, 3.05) is 31.9 Å². The van der Waals surface area contributed by atoms with Crippen LogP contribution in [0, 0.1) is 0 Å². The Morgan fingerprint density at radius 1 is 0.944 bits per heavy atom. The van der Waals surface area contributed by atoms with E-state index in [4.69, 9.17) is 14.5 Å². The van der Waals surface area contributed by atoms with Crippen molar-refractivity contribution in [2.24, 2.45) is 0 Å². The Labute approximate surface area is 208 Å². The van der Waals surface area contributed by atoms with Crippen LogP contribution in [-0.2, 0) is 6.42 Å². The summed E-state index contributed by atoms with van der Waals surface area (Å²) < 4.78 is 11.0. The molecular formula is C27H26N4O5. The molecule has 4 aromatic rings. The van der Waals surface area contributed by atoms with Crippen molar-refractivity contribution in [2.45, 2.75) is 13.3 Å². The fourth-order valence-electron chi connectivity index (χ4n) is 4.07. The van der Waals surface area contributed by atoms with Gasteiger partial charge in [0.15, 0.2) is 11.5 Å². The van der Waals surface area contributed by atoms with Crippen molar-refractivity contribution in [1.82, 2.24) is 9.97 Å². The van der Waals surface area contributed by atoms with Crippen molar-refractivity contribution in [1.29, 1.82) is 0 Å². The van der Waals surface area contributed by atoms with Gasteiger partial charge in [0, 0.05) is 35.3 Å². The molecule has 1 heterocycles. The molecule has 3 N–H and O–H groups in total. The number of nitrogens with one attached hydrogen (secondary N) is 2. The van der Waals surface area contributed by atoms with Gasteiger partial charge in [-0.2, -0.15) is 0 Å². The second-order valence-electron chi connectivity index (χ2n) is 7.90. The monoisotopic (exact) mass is 486 g/mol. The molecular weight excluding hydrogens is 460 g/mol. The lowest BCUT2D eigenvalue weighted by atomic mass is 9.97. The third kappa shape index (κ3) is 4.63. The second-order valence-corrected chi connectivity index (χ2v) is 7.90. The van der Waals surface area contributed by atoms with Crippen LogP contribution in [0.4, 0.5) is 11.6 Å². The van der Waals surface area contributed by atoms with E-state index in [-0.39, 0.29) is 11.1 Å². The van der Waals surface area contributed by atoms with Gasteiger partial charge < -0.3 is 25.2 Å². The lowest BCUT2D eigenvalue weighted by Gasteiger charge is -2.17. The van der Waals surface area contributed by atoms with Crippen molar-refractivity contribution in [3.05, 3.63) is 71.3 Å². The number of hydrogen-bond acceptors (Lipinski definition) is 7. The number of carbonyl (C=O) groups is 2. The quantitative estimate of drug-likeness (QED) is 0.322. The van der Waals surface area contributed by atoms with Crippen LogP contribution < -0.4 is 20.1 Å². The Balaban J connectivity index is 1.84. The Morgan fingerprint density at radius 2 is 1.64 bits per heavy atom. The molecule has 1 aromatic heterocycles. The molecule has 184 valence electrons. The van der Waals surface area contributed by atoms with Gasteiger partial charge in [-0.1, -0.05) is 25.1 Å². The van der Waals surface area contributed by atoms with E-state index >= 15 is 0 Å². The Morgan fingerprint density at radius 3 is 2.31 bits per heavy atom. The third-order valence-corrected chi connectivity index (χ3v) is 5.83. The van der Waals surface area contributed by atoms with Crippen molar-refractivity contribution < 1.29 is 24.2 Å². The zero-order chi connectivity index (χ0) is 25.8. The predicted octanol–water partition coefficient (Wildman–Crippen LogP) is 4.87. The van der Waals surface area contributed by atoms with Gasteiger partial charge in [-0.15, -0.1) is 0 Å². The lowest BCUT2D eigenvalue weighted by molar-refractivity contribution is 0.0697. The summed E-state index contributed by atoms with van der Waals surface area (Å²) >= 11 is 0. The van der Waals surface area contributed by atoms with Gasteiger partial charge in [-0.3, -0.25) is 4.79 Å². The van der Waals surface area contributed by atoms with E-state index in [2.05, 4.69) is 15.6 Å². The van der Waals surface area contributed by atoms with Gasteiger partial charge in [0.05, 0.1) is 31.0 Å². The van der Waals surface area contributed by atoms with Crippen molar-refractivity contribution >= 4 is 34.4 Å². The number of carbonyl (C=O) groups excluding carboxylic acids is 1. The fraction of sp³-hybridized carbons (Fsp3) is 0.185. The van der Waals surface area contributed by atoms with E-state index in [1.54, 1.807) is 39.5 Å². The largest absolute Gasteiger partial charge is 0.493 e. The fourth-order valence-corrected chi connectivity index (χ4v) is 4.07. The number of anilines is 2. The van der Waals surface area contributed by atoms with E-state index in [0.29, 0.717) is 40.8 Å². The number of nitrogens with zero attached hydrogens (tertiary/aromatic N) is 2. The average Bonchev–Trinajstić information content (AvgIpc) is 2.91. The number of amides is 1. The SMILES string of the molecule is CCc1c(NC(=O)c2cccc(C(=O)O)c2)cccc1-c1nc(NC)nc2cc(OC)c(OC)cc12. The zero-order valence-corrected chi connectivity index (χ0v) is 20.4. The van der Waals surface area contributed by atoms with Gasteiger partial charge in [0.1, 0.15) is 0 Å². The molecule has 9 nitrogen and oxygen atoms in total. The van der Waals surface area contributed by atoms with Crippen molar-refractivity contribution in [3.63, 3.8) is 0 Å². The molecule has 0 unspecified atom stereocenters. The van der Waals surface area contributed by atoms with Crippen LogP contribution >= 0.6 is 0 Å². The minimum Gasteiger partial charge on any atom is -0.493 e. The minimum atomic E-state index is -1.09. The number of hydrogen-bond donors (Lipinski definition) is 3. The van der Waals surface area contributed by atoms with Crippen LogP contribution in [0.25, 0.3) is 22.2 Å². The van der Waals surface area contributed by atoms with E-state index in [0.717, 1.165) is 16.5 Å². The highest BCUT2D eigenvalue weighted by Gasteiger charge is 2.19. The standard InChI is InChI=1S/C27H26N4O5/c1-5-17-18(10-7-11-20(17)29-25(32)15-8-6-9-16(12-15)26(33)34)24-19-13-22(35-3)23(36-4)14-21(19)30-27(28-2)31-24/h6-14H,5H2,1-4H3,(H,29,32)(H,33,34)(H,28,30,31). The summed E-state index contributed by atoms with van der Waals surface area (Å²) in [5.74, 6) is 0.0420. The molecule has 0 bridgehead atoms. The van der Waals surface area contributed by atoms with E-state index in [1.165, 1.54) is 12.1 Å². The Kier molecular flexibility index (Phi) is 7.00. The number of benzene rings is 3. The molecule has 9 heteroatoms. The van der Waals surface area contributed by atoms with Gasteiger partial charge in [0.2, 0.25) is 5.95 Å². The Bertz CT molecular complexity index is 1470. The average molecular weight is 487 g/mol. The lowest BCUT2D eigenvalue weighted by Crippen LogP contribution is -2.14. The highest BCUT2D eigenvalue weighted by atomic mass is 16.5. The number of fused-ring (bicyclic) bond motifs is 1. The molecule has 0 fully saturated rings. The number of aromatic nitrogens is 2. The molecule has 0 aliphatic rings. The second kappa shape index (κ2) is 10.3. The molecule has 3 aromatic carbocycles. The highest BCUT2D eigenvalue weighted by Crippen LogP contribution is 2.38. The smallest absolute Gasteiger partial charge is 0.335 e. The maximum absolute atomic E-state index is 13.0. The summed E-state index contributed by atoms with van der Waals surface area (Å²) in [4.78, 5) is 33.6. The van der Waals surface area contributed by atoms with Crippen molar-refractivity contribution in [3.8, 4) is 22.8 Å². The summed E-state index contributed by atoms with van der Waals surface area (Å²) in [6, 6.07) is 15.1. The first kappa shape index (κ1) is 24.5. The zero-order valence-electron chi connectivity index (χ0n) is 20.4. The van der Waals surface area contributed by atoms with Gasteiger partial charge in [-0.05, 0) is 42.3 Å².